The van der Waals surface area contributed by atoms with Crippen LogP contribution in [0.25, 0.3) is 11.4 Å². The van der Waals surface area contributed by atoms with Gasteiger partial charge in [0, 0.05) is 5.56 Å². The van der Waals surface area contributed by atoms with Crippen LogP contribution in [-0.4, -0.2) is 33.2 Å². The highest BCUT2D eigenvalue weighted by Gasteiger charge is 2.22. The fourth-order valence-electron chi connectivity index (χ4n) is 3.04. The van der Waals surface area contributed by atoms with E-state index in [-0.39, 0.29) is 36.3 Å². The van der Waals surface area contributed by atoms with Crippen LogP contribution in [0, 0.1) is 0 Å². The molecule has 2 aromatic carbocycles. The van der Waals surface area contributed by atoms with Crippen LogP contribution in [0.3, 0.4) is 0 Å². The van der Waals surface area contributed by atoms with Crippen LogP contribution in [0.1, 0.15) is 5.56 Å². The molecule has 0 aliphatic heterocycles. The van der Waals surface area contributed by atoms with Crippen LogP contribution in [0.2, 0.25) is 0 Å². The molecule has 31 heavy (non-hydrogen) atoms. The number of carbonyl (C=O) groups is 2. The van der Waals surface area contributed by atoms with Gasteiger partial charge in [-0.25, -0.2) is 4.98 Å². The SMILES string of the molecule is Cl.Nc1cnc(-c2ccccc2)n(CC(=O)N[C@@H](Cc2ccccc2)C(=O)CCl)c1=O. The third-order valence-corrected chi connectivity index (χ3v) is 4.81. The zero-order valence-electron chi connectivity index (χ0n) is 16.5. The number of benzene rings is 2. The molecule has 162 valence electrons. The highest BCUT2D eigenvalue weighted by atomic mass is 35.5. The number of rotatable bonds is 8. The number of alkyl halides is 1. The molecule has 9 heteroatoms. The van der Waals surface area contributed by atoms with E-state index in [9.17, 15) is 14.4 Å². The highest BCUT2D eigenvalue weighted by molar-refractivity contribution is 6.28. The summed E-state index contributed by atoms with van der Waals surface area (Å²) in [5.41, 5.74) is 6.67. The number of nitrogens with two attached hydrogens (primary N) is 1. The first-order valence-electron chi connectivity index (χ1n) is 9.32. The lowest BCUT2D eigenvalue weighted by atomic mass is 10.0. The Morgan fingerprint density at radius 1 is 1.06 bits per heavy atom. The smallest absolute Gasteiger partial charge is 0.277 e. The molecule has 0 aliphatic rings. The summed E-state index contributed by atoms with van der Waals surface area (Å²) >= 11 is 5.73. The third-order valence-electron chi connectivity index (χ3n) is 4.55. The van der Waals surface area contributed by atoms with E-state index < -0.39 is 17.5 Å². The molecule has 0 fully saturated rings. The molecular weight excluding hydrogens is 439 g/mol. The topological polar surface area (TPSA) is 107 Å². The summed E-state index contributed by atoms with van der Waals surface area (Å²) in [5, 5.41) is 2.69. The van der Waals surface area contributed by atoms with E-state index in [1.165, 1.54) is 10.8 Å². The van der Waals surface area contributed by atoms with Crippen LogP contribution in [0.5, 0.6) is 0 Å². The van der Waals surface area contributed by atoms with Gasteiger partial charge in [-0.2, -0.15) is 0 Å². The van der Waals surface area contributed by atoms with Gasteiger partial charge in [-0.15, -0.1) is 24.0 Å². The number of hydrogen-bond acceptors (Lipinski definition) is 5. The predicted molar refractivity (Wildman–Crippen MR) is 123 cm³/mol. The number of aromatic nitrogens is 2. The molecule has 1 amide bonds. The molecule has 3 aromatic rings. The van der Waals surface area contributed by atoms with Gasteiger partial charge < -0.3 is 11.1 Å². The van der Waals surface area contributed by atoms with Crippen molar-refractivity contribution in [2.24, 2.45) is 0 Å². The second kappa shape index (κ2) is 11.3. The zero-order chi connectivity index (χ0) is 21.5. The Labute approximate surface area is 190 Å². The van der Waals surface area contributed by atoms with E-state index in [2.05, 4.69) is 10.3 Å². The quantitative estimate of drug-likeness (QED) is 0.502. The second-order valence-corrected chi connectivity index (χ2v) is 6.97. The average molecular weight is 461 g/mol. The highest BCUT2D eigenvalue weighted by Crippen LogP contribution is 2.15. The minimum atomic E-state index is -0.803. The number of anilines is 1. The molecular formula is C22H22Cl2N4O3. The summed E-state index contributed by atoms with van der Waals surface area (Å²) in [6.45, 7) is -0.331. The number of ketones is 1. The van der Waals surface area contributed by atoms with Gasteiger partial charge in [0.2, 0.25) is 5.91 Å². The molecule has 1 aromatic heterocycles. The molecule has 3 N–H and O–H groups in total. The van der Waals surface area contributed by atoms with Crippen molar-refractivity contribution in [3.05, 3.63) is 82.8 Å². The predicted octanol–water partition coefficient (Wildman–Crippen LogP) is 2.45. The molecule has 1 atom stereocenters. The second-order valence-electron chi connectivity index (χ2n) is 6.70. The standard InChI is InChI=1S/C22H21ClN4O3.ClH/c23-12-19(28)18(11-15-7-3-1-4-8-15)26-20(29)14-27-21(16-9-5-2-6-10-16)25-13-17(24)22(27)30;/h1-10,13,18H,11-12,14,24H2,(H,26,29);1H/t18-;/m0./s1. The number of carbonyl (C=O) groups excluding carboxylic acids is 2. The number of nitrogen functional groups attached to an aromatic ring is 1. The van der Waals surface area contributed by atoms with Crippen molar-refractivity contribution in [3.8, 4) is 11.4 Å². The number of hydrogen-bond donors (Lipinski definition) is 2. The van der Waals surface area contributed by atoms with Crippen LogP contribution in [-0.2, 0) is 22.6 Å². The molecule has 1 heterocycles. The van der Waals surface area contributed by atoms with Gasteiger partial charge in [0.1, 0.15) is 18.1 Å². The molecule has 0 saturated heterocycles. The number of nitrogens with one attached hydrogen (secondary N) is 1. The van der Waals surface area contributed by atoms with E-state index >= 15 is 0 Å². The van der Waals surface area contributed by atoms with Crippen LogP contribution in [0.4, 0.5) is 5.69 Å². The lowest BCUT2D eigenvalue weighted by molar-refractivity contribution is -0.127. The van der Waals surface area contributed by atoms with Crippen molar-refractivity contribution >= 4 is 41.4 Å². The Balaban J connectivity index is 0.00000341. The van der Waals surface area contributed by atoms with E-state index in [4.69, 9.17) is 17.3 Å². The Morgan fingerprint density at radius 3 is 2.29 bits per heavy atom. The van der Waals surface area contributed by atoms with Crippen molar-refractivity contribution in [1.82, 2.24) is 14.9 Å². The van der Waals surface area contributed by atoms with Crippen molar-refractivity contribution in [2.45, 2.75) is 19.0 Å². The van der Waals surface area contributed by atoms with Crippen molar-refractivity contribution < 1.29 is 9.59 Å². The van der Waals surface area contributed by atoms with Gasteiger partial charge in [0.15, 0.2) is 5.78 Å². The largest absolute Gasteiger partial charge is 0.393 e. The molecule has 0 unspecified atom stereocenters. The van der Waals surface area contributed by atoms with E-state index in [1.807, 2.05) is 36.4 Å². The number of amides is 1. The van der Waals surface area contributed by atoms with Gasteiger partial charge in [0.25, 0.3) is 5.56 Å². The minimum absolute atomic E-state index is 0. The Morgan fingerprint density at radius 2 is 1.68 bits per heavy atom. The fourth-order valence-corrected chi connectivity index (χ4v) is 3.23. The molecule has 0 radical (unpaired) electrons. The number of nitrogens with zero attached hydrogens (tertiary/aromatic N) is 2. The first-order valence-corrected chi connectivity index (χ1v) is 9.85. The summed E-state index contributed by atoms with van der Waals surface area (Å²) in [5.74, 6) is -0.739. The van der Waals surface area contributed by atoms with E-state index in [0.717, 1.165) is 5.56 Å². The Bertz CT molecular complexity index is 1090. The van der Waals surface area contributed by atoms with E-state index in [0.29, 0.717) is 17.8 Å². The van der Waals surface area contributed by atoms with Crippen molar-refractivity contribution in [3.63, 3.8) is 0 Å². The summed E-state index contributed by atoms with van der Waals surface area (Å²) in [6.07, 6.45) is 1.57. The minimum Gasteiger partial charge on any atom is -0.393 e. The zero-order valence-corrected chi connectivity index (χ0v) is 18.1. The van der Waals surface area contributed by atoms with Crippen LogP contribution < -0.4 is 16.6 Å². The third kappa shape index (κ3) is 6.16. The molecule has 0 aliphatic carbocycles. The average Bonchev–Trinajstić information content (AvgIpc) is 2.77. The van der Waals surface area contributed by atoms with Gasteiger partial charge in [-0.05, 0) is 12.0 Å². The molecule has 0 bridgehead atoms. The van der Waals surface area contributed by atoms with Crippen molar-refractivity contribution in [2.75, 3.05) is 11.6 Å². The van der Waals surface area contributed by atoms with Crippen molar-refractivity contribution in [1.29, 1.82) is 0 Å². The summed E-state index contributed by atoms with van der Waals surface area (Å²) in [7, 11) is 0. The van der Waals surface area contributed by atoms with E-state index in [1.54, 1.807) is 24.3 Å². The Hall–Kier alpha value is -3.16. The summed E-state index contributed by atoms with van der Waals surface area (Å²) in [6, 6.07) is 17.5. The van der Waals surface area contributed by atoms with Gasteiger partial charge in [0.05, 0.1) is 18.1 Å². The lowest BCUT2D eigenvalue weighted by Gasteiger charge is -2.18. The number of halogens is 2. The lowest BCUT2D eigenvalue weighted by Crippen LogP contribution is -2.45. The van der Waals surface area contributed by atoms with Crippen LogP contribution in [0.15, 0.2) is 71.7 Å². The molecule has 3 rings (SSSR count). The van der Waals surface area contributed by atoms with Gasteiger partial charge >= 0.3 is 0 Å². The normalized spacial score (nSPS) is 11.3. The molecule has 7 nitrogen and oxygen atoms in total. The summed E-state index contributed by atoms with van der Waals surface area (Å²) < 4.78 is 1.20. The first kappa shape index (κ1) is 24.1. The van der Waals surface area contributed by atoms with Crippen LogP contribution >= 0.6 is 24.0 Å². The number of Topliss-reactive ketones (excluding diaryl/α,β-unsaturated/α-hetero) is 1. The maximum Gasteiger partial charge on any atom is 0.277 e. The summed E-state index contributed by atoms with van der Waals surface area (Å²) in [4.78, 5) is 41.8. The van der Waals surface area contributed by atoms with Gasteiger partial charge in [-0.3, -0.25) is 19.0 Å². The maximum absolute atomic E-state index is 12.7. The maximum atomic E-state index is 12.7. The monoisotopic (exact) mass is 460 g/mol. The Kier molecular flexibility index (Phi) is 8.78. The fraction of sp³-hybridized carbons (Fsp3) is 0.182. The van der Waals surface area contributed by atoms with Gasteiger partial charge in [-0.1, -0.05) is 60.7 Å². The molecule has 0 saturated carbocycles. The molecule has 0 spiro atoms. The first-order chi connectivity index (χ1) is 14.5.